The van der Waals surface area contributed by atoms with Gasteiger partial charge in [-0.25, -0.2) is 0 Å². The van der Waals surface area contributed by atoms with E-state index in [9.17, 15) is 9.59 Å². The highest BCUT2D eigenvalue weighted by molar-refractivity contribution is 5.78. The molecule has 5 heteroatoms. The van der Waals surface area contributed by atoms with E-state index in [4.69, 9.17) is 14.9 Å². The highest BCUT2D eigenvalue weighted by Gasteiger charge is 2.49. The highest BCUT2D eigenvalue weighted by atomic mass is 16.5. The van der Waals surface area contributed by atoms with Gasteiger partial charge in [0.2, 0.25) is 0 Å². The van der Waals surface area contributed by atoms with Crippen molar-refractivity contribution in [2.24, 2.45) is 10.8 Å². The molecule has 27 heavy (non-hydrogen) atoms. The molecule has 2 fully saturated rings. The molecule has 0 aromatic carbocycles. The van der Waals surface area contributed by atoms with Crippen LogP contribution in [0.15, 0.2) is 0 Å². The van der Waals surface area contributed by atoms with Gasteiger partial charge in [-0.15, -0.1) is 0 Å². The molecule has 2 aliphatic rings. The lowest BCUT2D eigenvalue weighted by molar-refractivity contribution is -0.144. The molecule has 0 bridgehead atoms. The minimum Gasteiger partial charge on any atom is -0.481 e. The van der Waals surface area contributed by atoms with Crippen molar-refractivity contribution < 1.29 is 24.5 Å². The van der Waals surface area contributed by atoms with Gasteiger partial charge in [0.25, 0.3) is 0 Å². The summed E-state index contributed by atoms with van der Waals surface area (Å²) in [4.78, 5) is 22.2. The Labute approximate surface area is 163 Å². The Kier molecular flexibility index (Phi) is 9.07. The topological polar surface area (TPSA) is 83.8 Å². The van der Waals surface area contributed by atoms with Gasteiger partial charge in [-0.1, -0.05) is 51.4 Å². The minimum absolute atomic E-state index is 0.349. The Morgan fingerprint density at radius 1 is 0.593 bits per heavy atom. The van der Waals surface area contributed by atoms with Crippen LogP contribution < -0.4 is 0 Å². The predicted octanol–water partition coefficient (Wildman–Crippen LogP) is 5.41. The third-order valence-corrected chi connectivity index (χ3v) is 6.50. The van der Waals surface area contributed by atoms with Gasteiger partial charge in [0.05, 0.1) is 10.8 Å². The van der Waals surface area contributed by atoms with Crippen molar-refractivity contribution in [3.8, 4) is 0 Å². The van der Waals surface area contributed by atoms with Crippen LogP contribution in [0.4, 0.5) is 0 Å². The molecule has 0 aromatic heterocycles. The number of aliphatic carboxylic acids is 2. The quantitative estimate of drug-likeness (QED) is 0.309. The van der Waals surface area contributed by atoms with E-state index in [1.807, 2.05) is 0 Å². The maximum atomic E-state index is 11.1. The molecule has 0 saturated heterocycles. The lowest BCUT2D eigenvalue weighted by Crippen LogP contribution is -2.14. The number of carboxylic acid groups (broad SMARTS) is 2. The molecular weight excluding hydrogens is 344 g/mol. The molecule has 0 aromatic rings. The van der Waals surface area contributed by atoms with E-state index in [1.165, 1.54) is 25.7 Å². The van der Waals surface area contributed by atoms with Gasteiger partial charge >= 0.3 is 11.9 Å². The second kappa shape index (κ2) is 11.0. The van der Waals surface area contributed by atoms with Gasteiger partial charge < -0.3 is 14.9 Å². The lowest BCUT2D eigenvalue weighted by Gasteiger charge is -2.09. The summed E-state index contributed by atoms with van der Waals surface area (Å²) < 4.78 is 5.68. The Morgan fingerprint density at radius 2 is 0.926 bits per heavy atom. The number of carboxylic acids is 2. The van der Waals surface area contributed by atoms with Crippen LogP contribution in [0.25, 0.3) is 0 Å². The molecule has 5 nitrogen and oxygen atoms in total. The van der Waals surface area contributed by atoms with Crippen LogP contribution in [-0.2, 0) is 14.3 Å². The standard InChI is InChI=1S/C22H38O5/c23-19(24)21(13-14-21)11-7-3-1-5-9-17-27-18-10-6-2-4-8-12-22(15-16-22)20(25)26/h1-18H2,(H,23,24)(H,25,26). The van der Waals surface area contributed by atoms with Crippen molar-refractivity contribution >= 4 is 11.9 Å². The van der Waals surface area contributed by atoms with Crippen LogP contribution in [0.2, 0.25) is 0 Å². The molecule has 0 amide bonds. The van der Waals surface area contributed by atoms with Crippen LogP contribution in [0, 0.1) is 10.8 Å². The summed E-state index contributed by atoms with van der Waals surface area (Å²) in [5.74, 6) is -1.19. The summed E-state index contributed by atoms with van der Waals surface area (Å²) in [7, 11) is 0. The smallest absolute Gasteiger partial charge is 0.309 e. The number of unbranched alkanes of at least 4 members (excludes halogenated alkanes) is 8. The number of rotatable bonds is 18. The fourth-order valence-electron chi connectivity index (χ4n) is 3.94. The van der Waals surface area contributed by atoms with Crippen molar-refractivity contribution in [3.63, 3.8) is 0 Å². The van der Waals surface area contributed by atoms with Gasteiger partial charge in [-0.3, -0.25) is 9.59 Å². The molecule has 0 atom stereocenters. The second-order valence-corrected chi connectivity index (χ2v) is 8.82. The summed E-state index contributed by atoms with van der Waals surface area (Å²) in [5.41, 5.74) is -0.697. The van der Waals surface area contributed by atoms with Crippen LogP contribution in [-0.4, -0.2) is 35.4 Å². The van der Waals surface area contributed by atoms with Crippen molar-refractivity contribution in [2.75, 3.05) is 13.2 Å². The molecule has 2 rings (SSSR count). The van der Waals surface area contributed by atoms with E-state index in [0.717, 1.165) is 90.3 Å². The van der Waals surface area contributed by atoms with E-state index in [1.54, 1.807) is 0 Å². The Bertz CT molecular complexity index is 423. The fraction of sp³-hybridized carbons (Fsp3) is 0.909. The SMILES string of the molecule is O=C(O)C1(CCCCCCCOCCCCCCCC2(C(=O)O)CC2)CC1. The van der Waals surface area contributed by atoms with Crippen molar-refractivity contribution in [2.45, 2.75) is 103 Å². The summed E-state index contributed by atoms with van der Waals surface area (Å²) in [6.45, 7) is 1.67. The largest absolute Gasteiger partial charge is 0.481 e. The predicted molar refractivity (Wildman–Crippen MR) is 105 cm³/mol. The first kappa shape index (κ1) is 22.2. The summed E-state index contributed by atoms with van der Waals surface area (Å²) in [6.07, 6.45) is 16.5. The van der Waals surface area contributed by atoms with Crippen molar-refractivity contribution in [3.05, 3.63) is 0 Å². The lowest BCUT2D eigenvalue weighted by atomic mass is 9.98. The Morgan fingerprint density at radius 3 is 1.26 bits per heavy atom. The van der Waals surface area contributed by atoms with Crippen LogP contribution in [0.3, 0.4) is 0 Å². The summed E-state index contributed by atoms with van der Waals surface area (Å²) >= 11 is 0. The first-order valence-electron chi connectivity index (χ1n) is 11.1. The van der Waals surface area contributed by atoms with Crippen molar-refractivity contribution in [1.82, 2.24) is 0 Å². The molecule has 156 valence electrons. The average molecular weight is 383 g/mol. The molecule has 0 spiro atoms. The number of ether oxygens (including phenoxy) is 1. The van der Waals surface area contributed by atoms with Crippen LogP contribution >= 0.6 is 0 Å². The van der Waals surface area contributed by atoms with Crippen LogP contribution in [0.1, 0.15) is 103 Å². The third-order valence-electron chi connectivity index (χ3n) is 6.50. The van der Waals surface area contributed by atoms with Gasteiger partial charge in [0.15, 0.2) is 0 Å². The molecule has 2 aliphatic carbocycles. The molecule has 2 N–H and O–H groups in total. The van der Waals surface area contributed by atoms with Crippen LogP contribution in [0.5, 0.6) is 0 Å². The molecular formula is C22H38O5. The third kappa shape index (κ3) is 7.81. The van der Waals surface area contributed by atoms with E-state index >= 15 is 0 Å². The highest BCUT2D eigenvalue weighted by Crippen LogP contribution is 2.50. The maximum absolute atomic E-state index is 11.1. The second-order valence-electron chi connectivity index (χ2n) is 8.82. The normalized spacial score (nSPS) is 19.0. The van der Waals surface area contributed by atoms with Gasteiger partial charge in [-0.2, -0.15) is 0 Å². The van der Waals surface area contributed by atoms with Gasteiger partial charge in [-0.05, 0) is 51.4 Å². The zero-order chi connectivity index (χ0) is 19.6. The molecule has 0 heterocycles. The summed E-state index contributed by atoms with van der Waals surface area (Å²) in [6, 6.07) is 0. The first-order valence-corrected chi connectivity index (χ1v) is 11.1. The number of carbonyl (C=O) groups is 2. The van der Waals surface area contributed by atoms with Crippen molar-refractivity contribution in [1.29, 1.82) is 0 Å². The van der Waals surface area contributed by atoms with E-state index in [0.29, 0.717) is 0 Å². The Balaban J connectivity index is 1.26. The zero-order valence-electron chi connectivity index (χ0n) is 16.8. The van der Waals surface area contributed by atoms with E-state index in [2.05, 4.69) is 0 Å². The first-order chi connectivity index (χ1) is 13.0. The monoisotopic (exact) mass is 382 g/mol. The Hall–Kier alpha value is -1.10. The number of hydrogen-bond acceptors (Lipinski definition) is 3. The number of hydrogen-bond donors (Lipinski definition) is 2. The van der Waals surface area contributed by atoms with E-state index < -0.39 is 11.9 Å². The molecule has 2 saturated carbocycles. The molecule has 0 unspecified atom stereocenters. The van der Waals surface area contributed by atoms with Gasteiger partial charge in [0.1, 0.15) is 0 Å². The minimum atomic E-state index is -0.594. The summed E-state index contributed by atoms with van der Waals surface area (Å²) in [5, 5.41) is 18.2. The molecule has 0 aliphatic heterocycles. The maximum Gasteiger partial charge on any atom is 0.309 e. The zero-order valence-corrected chi connectivity index (χ0v) is 16.8. The molecule has 0 radical (unpaired) electrons. The van der Waals surface area contributed by atoms with E-state index in [-0.39, 0.29) is 10.8 Å². The average Bonchev–Trinajstić information content (AvgIpc) is 3.53. The van der Waals surface area contributed by atoms with Gasteiger partial charge in [0, 0.05) is 13.2 Å². The fourth-order valence-corrected chi connectivity index (χ4v) is 3.94.